The van der Waals surface area contributed by atoms with Crippen molar-refractivity contribution >= 4 is 11.9 Å². The summed E-state index contributed by atoms with van der Waals surface area (Å²) in [6.45, 7) is 0. The zero-order valence-corrected chi connectivity index (χ0v) is 7.75. The van der Waals surface area contributed by atoms with Crippen LogP contribution >= 0.6 is 0 Å². The molecular weight excluding hydrogens is 194 g/mol. The van der Waals surface area contributed by atoms with Crippen molar-refractivity contribution in [2.24, 2.45) is 0 Å². The maximum Gasteiger partial charge on any atom is 0.140 e. The maximum atomic E-state index is 10.4. The molecule has 1 aromatic heterocycles. The van der Waals surface area contributed by atoms with Gasteiger partial charge in [0.1, 0.15) is 11.9 Å². The van der Waals surface area contributed by atoms with Crippen molar-refractivity contribution < 1.29 is 9.90 Å². The molecule has 0 atom stereocenters. The summed E-state index contributed by atoms with van der Waals surface area (Å²) in [5, 5.41) is 16.5. The Balaban J connectivity index is 2.37. The third kappa shape index (κ3) is 1.96. The Labute approximate surface area is 86.0 Å². The molecular formula is C10H8N3O2-. The van der Waals surface area contributed by atoms with Crippen molar-refractivity contribution in [3.05, 3.63) is 42.6 Å². The van der Waals surface area contributed by atoms with E-state index in [1.54, 1.807) is 6.07 Å². The number of hydrogen-bond acceptors (Lipinski definition) is 3. The van der Waals surface area contributed by atoms with Crippen LogP contribution in [-0.2, 0) is 0 Å². The zero-order chi connectivity index (χ0) is 10.7. The molecule has 1 amide bonds. The van der Waals surface area contributed by atoms with Crippen molar-refractivity contribution in [2.75, 3.05) is 5.32 Å². The van der Waals surface area contributed by atoms with Crippen molar-refractivity contribution in [1.29, 1.82) is 0 Å². The molecule has 15 heavy (non-hydrogen) atoms. The summed E-state index contributed by atoms with van der Waals surface area (Å²) in [4.78, 5) is 10.4. The minimum atomic E-state index is -1.35. The van der Waals surface area contributed by atoms with Crippen LogP contribution < -0.4 is 10.4 Å². The lowest BCUT2D eigenvalue weighted by Gasteiger charge is -2.09. The monoisotopic (exact) mass is 202 g/mol. The summed E-state index contributed by atoms with van der Waals surface area (Å²) in [6, 6.07) is 10.8. The second kappa shape index (κ2) is 3.83. The first-order chi connectivity index (χ1) is 7.27. The summed E-state index contributed by atoms with van der Waals surface area (Å²) in [5.74, 6) is 0.362. The van der Waals surface area contributed by atoms with Crippen LogP contribution in [0.4, 0.5) is 10.6 Å². The molecule has 1 aromatic carbocycles. The van der Waals surface area contributed by atoms with Gasteiger partial charge in [-0.15, -0.1) is 0 Å². The SMILES string of the molecule is O=C([O-])Nc1ccnn1-c1ccccc1. The molecule has 0 saturated carbocycles. The van der Waals surface area contributed by atoms with Crippen molar-refractivity contribution in [3.8, 4) is 5.69 Å². The van der Waals surface area contributed by atoms with Crippen LogP contribution in [0, 0.1) is 0 Å². The average Bonchev–Trinajstić information content (AvgIpc) is 2.66. The lowest BCUT2D eigenvalue weighted by atomic mass is 10.3. The number of anilines is 1. The number of hydrogen-bond donors (Lipinski definition) is 1. The molecule has 0 aliphatic heterocycles. The first-order valence-corrected chi connectivity index (χ1v) is 4.35. The third-order valence-corrected chi connectivity index (χ3v) is 1.87. The molecule has 0 aliphatic rings. The van der Waals surface area contributed by atoms with Crippen LogP contribution in [0.15, 0.2) is 42.6 Å². The summed E-state index contributed by atoms with van der Waals surface area (Å²) in [7, 11) is 0. The summed E-state index contributed by atoms with van der Waals surface area (Å²) >= 11 is 0. The maximum absolute atomic E-state index is 10.4. The normalized spacial score (nSPS) is 9.87. The molecule has 1 heterocycles. The molecule has 5 heteroatoms. The lowest BCUT2D eigenvalue weighted by molar-refractivity contribution is -0.242. The molecule has 2 rings (SSSR count). The molecule has 1 N–H and O–H groups in total. The van der Waals surface area contributed by atoms with E-state index in [1.165, 1.54) is 10.9 Å². The standard InChI is InChI=1S/C10H9N3O2/c14-10(15)12-9-6-7-11-13(9)8-4-2-1-3-5-8/h1-7,12H,(H,14,15)/p-1. The molecule has 0 saturated heterocycles. The molecule has 0 unspecified atom stereocenters. The van der Waals surface area contributed by atoms with E-state index >= 15 is 0 Å². The van der Waals surface area contributed by atoms with Gasteiger partial charge in [-0.3, -0.25) is 0 Å². The number of nitrogens with one attached hydrogen (secondary N) is 1. The second-order valence-electron chi connectivity index (χ2n) is 2.88. The van der Waals surface area contributed by atoms with Crippen molar-refractivity contribution in [2.45, 2.75) is 0 Å². The Hall–Kier alpha value is -2.30. The molecule has 2 aromatic rings. The summed E-state index contributed by atoms with van der Waals surface area (Å²) < 4.78 is 1.48. The number of carbonyl (C=O) groups is 1. The van der Waals surface area contributed by atoms with E-state index in [2.05, 4.69) is 10.4 Å². The van der Waals surface area contributed by atoms with E-state index in [0.717, 1.165) is 5.69 Å². The van der Waals surface area contributed by atoms with Gasteiger partial charge in [0.2, 0.25) is 0 Å². The number of rotatable bonds is 2. The quantitative estimate of drug-likeness (QED) is 0.776. The van der Waals surface area contributed by atoms with E-state index in [-0.39, 0.29) is 0 Å². The van der Waals surface area contributed by atoms with E-state index in [0.29, 0.717) is 5.82 Å². The first-order valence-electron chi connectivity index (χ1n) is 4.35. The zero-order valence-electron chi connectivity index (χ0n) is 7.75. The second-order valence-corrected chi connectivity index (χ2v) is 2.88. The Morgan fingerprint density at radius 3 is 2.67 bits per heavy atom. The van der Waals surface area contributed by atoms with Crippen LogP contribution in [0.5, 0.6) is 0 Å². The molecule has 0 radical (unpaired) electrons. The number of benzene rings is 1. The number of carboxylic acid groups (broad SMARTS) is 1. The van der Waals surface area contributed by atoms with Crippen LogP contribution in [0.2, 0.25) is 0 Å². The van der Waals surface area contributed by atoms with Crippen LogP contribution in [-0.4, -0.2) is 15.9 Å². The topological polar surface area (TPSA) is 70.0 Å². The summed E-state index contributed by atoms with van der Waals surface area (Å²) in [5.41, 5.74) is 0.784. The number of nitrogens with zero attached hydrogens (tertiary/aromatic N) is 2. The fraction of sp³-hybridized carbons (Fsp3) is 0. The fourth-order valence-corrected chi connectivity index (χ4v) is 1.28. The fourth-order valence-electron chi connectivity index (χ4n) is 1.28. The minimum Gasteiger partial charge on any atom is -0.530 e. The van der Waals surface area contributed by atoms with Gasteiger partial charge in [-0.25, -0.2) is 4.68 Å². The predicted molar refractivity (Wildman–Crippen MR) is 52.6 cm³/mol. The van der Waals surface area contributed by atoms with Crippen LogP contribution in [0.1, 0.15) is 0 Å². The Bertz CT molecular complexity index is 465. The van der Waals surface area contributed by atoms with Gasteiger partial charge in [0.05, 0.1) is 11.9 Å². The number of para-hydroxylation sites is 1. The van der Waals surface area contributed by atoms with Gasteiger partial charge in [0.15, 0.2) is 0 Å². The number of amides is 1. The predicted octanol–water partition coefficient (Wildman–Crippen LogP) is 0.627. The van der Waals surface area contributed by atoms with Gasteiger partial charge in [-0.1, -0.05) is 18.2 Å². The van der Waals surface area contributed by atoms with E-state index < -0.39 is 6.09 Å². The highest BCUT2D eigenvalue weighted by atomic mass is 16.4. The van der Waals surface area contributed by atoms with Crippen molar-refractivity contribution in [3.63, 3.8) is 0 Å². The number of carbonyl (C=O) groups excluding carboxylic acids is 1. The van der Waals surface area contributed by atoms with Gasteiger partial charge in [-0.05, 0) is 12.1 Å². The van der Waals surface area contributed by atoms with Gasteiger partial charge < -0.3 is 15.2 Å². The smallest absolute Gasteiger partial charge is 0.140 e. The van der Waals surface area contributed by atoms with Gasteiger partial charge in [0, 0.05) is 6.07 Å². The number of aromatic nitrogens is 2. The third-order valence-electron chi connectivity index (χ3n) is 1.87. The van der Waals surface area contributed by atoms with E-state index in [4.69, 9.17) is 0 Å². The van der Waals surface area contributed by atoms with Crippen LogP contribution in [0.3, 0.4) is 0 Å². The van der Waals surface area contributed by atoms with Gasteiger partial charge in [-0.2, -0.15) is 5.10 Å². The first kappa shape index (κ1) is 9.26. The molecule has 0 fully saturated rings. The van der Waals surface area contributed by atoms with Crippen molar-refractivity contribution in [1.82, 2.24) is 9.78 Å². The Kier molecular flexibility index (Phi) is 2.37. The Morgan fingerprint density at radius 2 is 2.00 bits per heavy atom. The average molecular weight is 202 g/mol. The van der Waals surface area contributed by atoms with E-state index in [9.17, 15) is 9.90 Å². The highest BCUT2D eigenvalue weighted by Gasteiger charge is 2.02. The Morgan fingerprint density at radius 1 is 1.27 bits per heavy atom. The molecule has 0 bridgehead atoms. The lowest BCUT2D eigenvalue weighted by Crippen LogP contribution is -2.29. The summed E-state index contributed by atoms with van der Waals surface area (Å²) in [6.07, 6.45) is 0.158. The van der Waals surface area contributed by atoms with E-state index in [1.807, 2.05) is 30.3 Å². The minimum absolute atomic E-state index is 0.362. The van der Waals surface area contributed by atoms with Crippen LogP contribution in [0.25, 0.3) is 5.69 Å². The molecule has 0 spiro atoms. The molecule has 5 nitrogen and oxygen atoms in total. The van der Waals surface area contributed by atoms with Gasteiger partial charge >= 0.3 is 0 Å². The van der Waals surface area contributed by atoms with Gasteiger partial charge in [0.25, 0.3) is 0 Å². The molecule has 76 valence electrons. The highest BCUT2D eigenvalue weighted by molar-refractivity contribution is 5.80. The molecule has 0 aliphatic carbocycles. The highest BCUT2D eigenvalue weighted by Crippen LogP contribution is 2.13. The largest absolute Gasteiger partial charge is 0.530 e.